The number of likely N-dealkylation sites (N-methyl/N-ethyl adjacent to an activating group) is 2. The van der Waals surface area contributed by atoms with E-state index in [2.05, 4.69) is 55.4 Å². The lowest BCUT2D eigenvalue weighted by atomic mass is 9.70. The lowest BCUT2D eigenvalue weighted by molar-refractivity contribution is 0.0396. The summed E-state index contributed by atoms with van der Waals surface area (Å²) in [4.78, 5) is 6.96. The molecule has 1 aliphatic carbocycles. The molecule has 1 aliphatic rings. The van der Waals surface area contributed by atoms with E-state index < -0.39 is 0 Å². The number of hydrogen-bond donors (Lipinski definition) is 1. The van der Waals surface area contributed by atoms with Crippen LogP contribution >= 0.6 is 0 Å². The zero-order valence-corrected chi connectivity index (χ0v) is 13.4. The van der Waals surface area contributed by atoms with Gasteiger partial charge in [-0.25, -0.2) is 0 Å². The van der Waals surface area contributed by atoms with Crippen LogP contribution in [0.1, 0.15) is 38.3 Å². The van der Waals surface area contributed by atoms with Crippen molar-refractivity contribution in [3.05, 3.63) is 30.1 Å². The fraction of sp³-hybridized carbons (Fsp3) is 0.706. The third kappa shape index (κ3) is 3.21. The highest BCUT2D eigenvalue weighted by Gasteiger charge is 2.43. The smallest absolute Gasteiger partial charge is 0.0419 e. The van der Waals surface area contributed by atoms with Crippen LogP contribution < -0.4 is 5.32 Å². The molecule has 0 aromatic carbocycles. The highest BCUT2D eigenvalue weighted by atomic mass is 15.2. The van der Waals surface area contributed by atoms with E-state index in [0.717, 1.165) is 12.3 Å². The Bertz CT molecular complexity index is 404. The molecule has 0 radical (unpaired) electrons. The molecule has 1 heterocycles. The molecule has 0 aliphatic heterocycles. The number of nitrogens with zero attached hydrogens (tertiary/aromatic N) is 2. The molecule has 2 rings (SSSR count). The van der Waals surface area contributed by atoms with Crippen LogP contribution in [0, 0.1) is 5.92 Å². The zero-order chi connectivity index (χ0) is 14.6. The van der Waals surface area contributed by atoms with Crippen LogP contribution in [-0.4, -0.2) is 42.6 Å². The molecule has 0 spiro atoms. The van der Waals surface area contributed by atoms with Crippen LogP contribution in [0.4, 0.5) is 0 Å². The van der Waals surface area contributed by atoms with Crippen molar-refractivity contribution in [2.45, 2.75) is 50.6 Å². The van der Waals surface area contributed by atoms with Gasteiger partial charge in [0.05, 0.1) is 0 Å². The standard InChI is InChI=1S/C17H29N3/c1-14-8-7-10-17(13-14,20(3)4)16(18-2)12-15-9-5-6-11-19-15/h5-6,9,11,14,16,18H,7-8,10,12-13H2,1-4H3. The summed E-state index contributed by atoms with van der Waals surface area (Å²) in [5.41, 5.74) is 1.44. The third-order valence-corrected chi connectivity index (χ3v) is 5.04. The second-order valence-corrected chi connectivity index (χ2v) is 6.57. The number of hydrogen-bond acceptors (Lipinski definition) is 3. The summed E-state index contributed by atoms with van der Waals surface area (Å²) in [5, 5.41) is 3.58. The van der Waals surface area contributed by atoms with Crippen LogP contribution in [-0.2, 0) is 6.42 Å². The summed E-state index contributed by atoms with van der Waals surface area (Å²) < 4.78 is 0. The number of rotatable bonds is 5. The van der Waals surface area contributed by atoms with Gasteiger partial charge in [0.15, 0.2) is 0 Å². The number of pyridine rings is 1. The predicted molar refractivity (Wildman–Crippen MR) is 84.8 cm³/mol. The SMILES string of the molecule is CNC(Cc1ccccn1)C1(N(C)C)CCCC(C)C1. The van der Waals surface area contributed by atoms with Gasteiger partial charge in [0, 0.05) is 29.9 Å². The van der Waals surface area contributed by atoms with Crippen molar-refractivity contribution in [1.82, 2.24) is 15.2 Å². The van der Waals surface area contributed by atoms with Crippen molar-refractivity contribution in [3.8, 4) is 0 Å². The molecule has 3 atom stereocenters. The maximum atomic E-state index is 4.51. The zero-order valence-electron chi connectivity index (χ0n) is 13.4. The maximum absolute atomic E-state index is 4.51. The lowest BCUT2D eigenvalue weighted by Crippen LogP contribution is -2.61. The van der Waals surface area contributed by atoms with Crippen molar-refractivity contribution in [2.75, 3.05) is 21.1 Å². The Morgan fingerprint density at radius 3 is 2.80 bits per heavy atom. The van der Waals surface area contributed by atoms with Crippen LogP contribution in [0.25, 0.3) is 0 Å². The van der Waals surface area contributed by atoms with E-state index in [1.165, 1.54) is 31.4 Å². The van der Waals surface area contributed by atoms with Gasteiger partial charge in [0.1, 0.15) is 0 Å². The maximum Gasteiger partial charge on any atom is 0.0419 e. The predicted octanol–water partition coefficient (Wildman–Crippen LogP) is 2.72. The molecule has 3 nitrogen and oxygen atoms in total. The van der Waals surface area contributed by atoms with Gasteiger partial charge >= 0.3 is 0 Å². The minimum Gasteiger partial charge on any atom is -0.315 e. The Morgan fingerprint density at radius 2 is 2.25 bits per heavy atom. The first-order valence-electron chi connectivity index (χ1n) is 7.83. The highest BCUT2D eigenvalue weighted by molar-refractivity contribution is 5.10. The molecule has 112 valence electrons. The molecule has 0 amide bonds. The lowest BCUT2D eigenvalue weighted by Gasteiger charge is -2.50. The van der Waals surface area contributed by atoms with Crippen molar-refractivity contribution in [3.63, 3.8) is 0 Å². The molecule has 0 bridgehead atoms. The molecule has 0 saturated heterocycles. The summed E-state index contributed by atoms with van der Waals surface area (Å²) in [5.74, 6) is 0.811. The second kappa shape index (κ2) is 6.68. The van der Waals surface area contributed by atoms with Gasteiger partial charge in [0.2, 0.25) is 0 Å². The van der Waals surface area contributed by atoms with Gasteiger partial charge in [-0.1, -0.05) is 25.8 Å². The van der Waals surface area contributed by atoms with E-state index in [0.29, 0.717) is 6.04 Å². The topological polar surface area (TPSA) is 28.2 Å². The van der Waals surface area contributed by atoms with E-state index in [-0.39, 0.29) is 5.54 Å². The van der Waals surface area contributed by atoms with Crippen LogP contribution in [0.3, 0.4) is 0 Å². The minimum absolute atomic E-state index is 0.254. The number of nitrogens with one attached hydrogen (secondary N) is 1. The molecule has 1 aromatic heterocycles. The van der Waals surface area contributed by atoms with Crippen molar-refractivity contribution in [2.24, 2.45) is 5.92 Å². The van der Waals surface area contributed by atoms with Crippen LogP contribution in [0.5, 0.6) is 0 Å². The summed E-state index contributed by atoms with van der Waals surface area (Å²) in [6.07, 6.45) is 8.16. The average Bonchev–Trinajstić information content (AvgIpc) is 2.45. The van der Waals surface area contributed by atoms with Crippen LogP contribution in [0.2, 0.25) is 0 Å². The van der Waals surface area contributed by atoms with E-state index in [1.807, 2.05) is 12.3 Å². The molecule has 1 aromatic rings. The first kappa shape index (κ1) is 15.5. The molecular weight excluding hydrogens is 246 g/mol. The van der Waals surface area contributed by atoms with Gasteiger partial charge in [-0.2, -0.15) is 0 Å². The number of aromatic nitrogens is 1. The quantitative estimate of drug-likeness (QED) is 0.895. The first-order valence-corrected chi connectivity index (χ1v) is 7.83. The summed E-state index contributed by atoms with van der Waals surface area (Å²) >= 11 is 0. The second-order valence-electron chi connectivity index (χ2n) is 6.57. The Morgan fingerprint density at radius 1 is 1.45 bits per heavy atom. The molecule has 1 fully saturated rings. The van der Waals surface area contributed by atoms with Gasteiger partial charge in [-0.05, 0) is 52.0 Å². The van der Waals surface area contributed by atoms with Gasteiger partial charge in [-0.3, -0.25) is 4.98 Å². The Hall–Kier alpha value is -0.930. The highest BCUT2D eigenvalue weighted by Crippen LogP contribution is 2.38. The normalized spacial score (nSPS) is 28.6. The van der Waals surface area contributed by atoms with Crippen LogP contribution in [0.15, 0.2) is 24.4 Å². The van der Waals surface area contributed by atoms with Gasteiger partial charge < -0.3 is 10.2 Å². The molecule has 3 heteroatoms. The molecular formula is C17H29N3. The van der Waals surface area contributed by atoms with Gasteiger partial charge in [-0.15, -0.1) is 0 Å². The fourth-order valence-electron chi connectivity index (χ4n) is 3.89. The van der Waals surface area contributed by atoms with Crippen molar-refractivity contribution in [1.29, 1.82) is 0 Å². The van der Waals surface area contributed by atoms with E-state index in [1.54, 1.807) is 0 Å². The third-order valence-electron chi connectivity index (χ3n) is 5.04. The Labute approximate surface area is 123 Å². The Balaban J connectivity index is 2.21. The molecule has 20 heavy (non-hydrogen) atoms. The summed E-state index contributed by atoms with van der Waals surface area (Å²) in [6.45, 7) is 2.39. The van der Waals surface area contributed by atoms with E-state index in [9.17, 15) is 0 Å². The summed E-state index contributed by atoms with van der Waals surface area (Å²) in [6, 6.07) is 6.67. The molecule has 1 saturated carbocycles. The van der Waals surface area contributed by atoms with E-state index >= 15 is 0 Å². The monoisotopic (exact) mass is 275 g/mol. The first-order chi connectivity index (χ1) is 9.58. The summed E-state index contributed by atoms with van der Waals surface area (Å²) in [7, 11) is 6.57. The average molecular weight is 275 g/mol. The Kier molecular flexibility index (Phi) is 5.17. The molecule has 3 unspecified atom stereocenters. The van der Waals surface area contributed by atoms with Gasteiger partial charge in [0.25, 0.3) is 0 Å². The largest absolute Gasteiger partial charge is 0.315 e. The minimum atomic E-state index is 0.254. The van der Waals surface area contributed by atoms with Crippen molar-refractivity contribution < 1.29 is 0 Å². The fourth-order valence-corrected chi connectivity index (χ4v) is 3.89. The van der Waals surface area contributed by atoms with E-state index in [4.69, 9.17) is 0 Å². The van der Waals surface area contributed by atoms with Crippen molar-refractivity contribution >= 4 is 0 Å². The molecule has 1 N–H and O–H groups in total.